The van der Waals surface area contributed by atoms with Gasteiger partial charge < -0.3 is 9.88 Å². The largest absolute Gasteiger partial charge is 0.406 e. The van der Waals surface area contributed by atoms with Gasteiger partial charge in [0.1, 0.15) is 12.4 Å². The normalized spacial score (nSPS) is 12.5. The Labute approximate surface area is 181 Å². The van der Waals surface area contributed by atoms with Gasteiger partial charge in [-0.25, -0.2) is 19.3 Å². The summed E-state index contributed by atoms with van der Waals surface area (Å²) < 4.78 is 53.9. The Morgan fingerprint density at radius 3 is 2.38 bits per heavy atom. The van der Waals surface area contributed by atoms with Crippen LogP contribution in [0.25, 0.3) is 22.6 Å². The van der Waals surface area contributed by atoms with Crippen LogP contribution in [0, 0.1) is 5.82 Å². The number of nitrogens with zero attached hydrogens (tertiary/aromatic N) is 4. The molecular formula is C23H19F4N5. The summed E-state index contributed by atoms with van der Waals surface area (Å²) in [6, 6.07) is 16.4. The Balaban J connectivity index is 1.74. The highest BCUT2D eigenvalue weighted by Gasteiger charge is 2.30. The molecule has 32 heavy (non-hydrogen) atoms. The molecule has 2 heterocycles. The van der Waals surface area contributed by atoms with E-state index in [9.17, 15) is 17.6 Å². The molecule has 164 valence electrons. The zero-order valence-electron chi connectivity index (χ0n) is 17.0. The minimum Gasteiger partial charge on any atom is -0.348 e. The summed E-state index contributed by atoms with van der Waals surface area (Å²) in [5.41, 5.74) is 2.20. The molecule has 1 atom stereocenters. The molecule has 0 unspecified atom stereocenters. The average Bonchev–Trinajstić information content (AvgIpc) is 3.17. The van der Waals surface area contributed by atoms with Gasteiger partial charge in [0.15, 0.2) is 0 Å². The molecule has 0 aliphatic carbocycles. The second-order valence-electron chi connectivity index (χ2n) is 7.23. The minimum absolute atomic E-state index is 0.122. The van der Waals surface area contributed by atoms with Crippen molar-refractivity contribution in [1.82, 2.24) is 19.5 Å². The molecule has 0 bridgehead atoms. The molecule has 0 aliphatic heterocycles. The van der Waals surface area contributed by atoms with Gasteiger partial charge in [0, 0.05) is 11.8 Å². The van der Waals surface area contributed by atoms with E-state index in [1.54, 1.807) is 0 Å². The van der Waals surface area contributed by atoms with E-state index in [1.165, 1.54) is 36.5 Å². The number of anilines is 1. The van der Waals surface area contributed by atoms with Gasteiger partial charge in [0.2, 0.25) is 5.95 Å². The Morgan fingerprint density at radius 2 is 1.69 bits per heavy atom. The highest BCUT2D eigenvalue weighted by molar-refractivity contribution is 5.77. The molecule has 4 aromatic rings. The minimum atomic E-state index is -4.45. The van der Waals surface area contributed by atoms with E-state index in [0.29, 0.717) is 5.56 Å². The zero-order valence-corrected chi connectivity index (χ0v) is 17.0. The maximum atomic E-state index is 13.4. The van der Waals surface area contributed by atoms with E-state index in [2.05, 4.69) is 20.3 Å². The second kappa shape index (κ2) is 8.78. The summed E-state index contributed by atoms with van der Waals surface area (Å²) in [6.45, 7) is 0.701. The van der Waals surface area contributed by atoms with Gasteiger partial charge in [0.25, 0.3) is 0 Å². The van der Waals surface area contributed by atoms with Gasteiger partial charge in [-0.2, -0.15) is 13.2 Å². The van der Waals surface area contributed by atoms with Crippen LogP contribution in [-0.2, 0) is 6.54 Å². The lowest BCUT2D eigenvalue weighted by molar-refractivity contribution is -0.140. The van der Waals surface area contributed by atoms with Gasteiger partial charge >= 0.3 is 6.18 Å². The van der Waals surface area contributed by atoms with Crippen LogP contribution >= 0.6 is 0 Å². The van der Waals surface area contributed by atoms with Crippen LogP contribution in [0.3, 0.4) is 0 Å². The van der Waals surface area contributed by atoms with Crippen molar-refractivity contribution in [2.75, 3.05) is 5.32 Å². The summed E-state index contributed by atoms with van der Waals surface area (Å²) in [4.78, 5) is 12.8. The van der Waals surface area contributed by atoms with E-state index in [0.717, 1.165) is 16.5 Å². The van der Waals surface area contributed by atoms with Crippen molar-refractivity contribution >= 4 is 5.95 Å². The van der Waals surface area contributed by atoms with Crippen molar-refractivity contribution < 1.29 is 17.6 Å². The summed E-state index contributed by atoms with van der Waals surface area (Å²) in [6.07, 6.45) is -1.86. The van der Waals surface area contributed by atoms with Crippen LogP contribution in [0.1, 0.15) is 18.5 Å². The first-order valence-corrected chi connectivity index (χ1v) is 9.83. The summed E-state index contributed by atoms with van der Waals surface area (Å²) >= 11 is 0. The van der Waals surface area contributed by atoms with Gasteiger partial charge in [-0.1, -0.05) is 30.3 Å². The highest BCUT2D eigenvalue weighted by Crippen LogP contribution is 2.33. The van der Waals surface area contributed by atoms with Crippen LogP contribution in [0.5, 0.6) is 0 Å². The summed E-state index contributed by atoms with van der Waals surface area (Å²) in [5.74, 6) is -0.183. The summed E-state index contributed by atoms with van der Waals surface area (Å²) in [5, 5.41) is 3.17. The molecule has 0 saturated heterocycles. The third-order valence-corrected chi connectivity index (χ3v) is 4.85. The Kier molecular flexibility index (Phi) is 5.89. The van der Waals surface area contributed by atoms with Gasteiger partial charge in [-0.05, 0) is 42.8 Å². The van der Waals surface area contributed by atoms with E-state index < -0.39 is 18.5 Å². The fourth-order valence-corrected chi connectivity index (χ4v) is 3.36. The SMILES string of the molecule is C[C@H](Nc1nccc(-c2c(-c3ccc(F)cc3)ncn2CC(F)(F)F)n1)c1ccccc1. The first-order chi connectivity index (χ1) is 15.3. The summed E-state index contributed by atoms with van der Waals surface area (Å²) in [7, 11) is 0. The third-order valence-electron chi connectivity index (χ3n) is 4.85. The lowest BCUT2D eigenvalue weighted by Gasteiger charge is -2.16. The molecule has 9 heteroatoms. The fourth-order valence-electron chi connectivity index (χ4n) is 3.36. The smallest absolute Gasteiger partial charge is 0.348 e. The zero-order chi connectivity index (χ0) is 22.7. The third kappa shape index (κ3) is 4.93. The Bertz CT molecular complexity index is 1190. The van der Waals surface area contributed by atoms with Gasteiger partial charge in [-0.3, -0.25) is 0 Å². The van der Waals surface area contributed by atoms with Crippen molar-refractivity contribution in [3.05, 3.63) is 84.6 Å². The number of imidazole rings is 1. The second-order valence-corrected chi connectivity index (χ2v) is 7.23. The molecule has 4 rings (SSSR count). The monoisotopic (exact) mass is 441 g/mol. The Hall–Kier alpha value is -3.75. The van der Waals surface area contributed by atoms with Crippen molar-refractivity contribution in [3.8, 4) is 22.6 Å². The number of rotatable bonds is 6. The molecule has 2 aromatic heterocycles. The number of alkyl halides is 3. The number of benzene rings is 2. The molecular weight excluding hydrogens is 422 g/mol. The first kappa shape index (κ1) is 21.5. The van der Waals surface area contributed by atoms with E-state index in [4.69, 9.17) is 0 Å². The number of nitrogens with one attached hydrogen (secondary N) is 1. The van der Waals surface area contributed by atoms with E-state index >= 15 is 0 Å². The molecule has 0 saturated carbocycles. The van der Waals surface area contributed by atoms with E-state index in [1.807, 2.05) is 37.3 Å². The number of hydrogen-bond donors (Lipinski definition) is 1. The highest BCUT2D eigenvalue weighted by atomic mass is 19.4. The lowest BCUT2D eigenvalue weighted by Crippen LogP contribution is -2.18. The molecule has 5 nitrogen and oxygen atoms in total. The van der Waals surface area contributed by atoms with Gasteiger partial charge in [0.05, 0.1) is 29.5 Å². The maximum Gasteiger partial charge on any atom is 0.406 e. The molecule has 0 spiro atoms. The standard InChI is InChI=1S/C23H19F4N5/c1-15(16-5-3-2-4-6-16)30-22-28-12-11-19(31-22)21-20(17-7-9-18(24)10-8-17)29-14-32(21)13-23(25,26)27/h2-12,14-15H,13H2,1H3,(H,28,30,31)/t15-/m0/s1. The van der Waals surface area contributed by atoms with Crippen molar-refractivity contribution in [2.24, 2.45) is 0 Å². The van der Waals surface area contributed by atoms with Crippen LogP contribution < -0.4 is 5.32 Å². The molecule has 0 aliphatic rings. The fraction of sp³-hybridized carbons (Fsp3) is 0.174. The topological polar surface area (TPSA) is 55.6 Å². The van der Waals surface area contributed by atoms with Crippen LogP contribution in [0.4, 0.5) is 23.5 Å². The number of hydrogen-bond acceptors (Lipinski definition) is 4. The van der Waals surface area contributed by atoms with Gasteiger partial charge in [-0.15, -0.1) is 0 Å². The van der Waals surface area contributed by atoms with E-state index in [-0.39, 0.29) is 29.1 Å². The lowest BCUT2D eigenvalue weighted by atomic mass is 10.1. The molecule has 0 fully saturated rings. The molecule has 1 N–H and O–H groups in total. The van der Waals surface area contributed by atoms with Crippen molar-refractivity contribution in [2.45, 2.75) is 25.7 Å². The van der Waals surface area contributed by atoms with Crippen LogP contribution in [0.15, 0.2) is 73.2 Å². The maximum absolute atomic E-state index is 13.4. The van der Waals surface area contributed by atoms with Crippen LogP contribution in [-0.4, -0.2) is 25.7 Å². The Morgan fingerprint density at radius 1 is 0.969 bits per heavy atom. The molecule has 0 radical (unpaired) electrons. The first-order valence-electron chi connectivity index (χ1n) is 9.83. The van der Waals surface area contributed by atoms with Crippen molar-refractivity contribution in [3.63, 3.8) is 0 Å². The number of halogens is 4. The van der Waals surface area contributed by atoms with Crippen molar-refractivity contribution in [1.29, 1.82) is 0 Å². The average molecular weight is 441 g/mol. The predicted octanol–water partition coefficient (Wildman–Crippen LogP) is 5.88. The quantitative estimate of drug-likeness (QED) is 0.380. The predicted molar refractivity (Wildman–Crippen MR) is 113 cm³/mol. The van der Waals surface area contributed by atoms with Crippen LogP contribution in [0.2, 0.25) is 0 Å². The molecule has 2 aromatic carbocycles. The molecule has 0 amide bonds. The number of aromatic nitrogens is 4.